The van der Waals surface area contributed by atoms with Gasteiger partial charge in [-0.2, -0.15) is 0 Å². The third kappa shape index (κ3) is 5.26. The Morgan fingerprint density at radius 1 is 1.11 bits per heavy atom. The summed E-state index contributed by atoms with van der Waals surface area (Å²) in [5.41, 5.74) is 3.49. The SMILES string of the molecule is Cc1n(-c2ccccc2)nc([S-])[n+]1-c1cccc(NCOc2cccc(N3C=CCCC3C(=O)O)c2)c1. The van der Waals surface area contributed by atoms with Gasteiger partial charge in [-0.05, 0) is 49.2 Å². The van der Waals surface area contributed by atoms with E-state index >= 15 is 0 Å². The second-order valence-corrected chi connectivity index (χ2v) is 9.01. The largest absolute Gasteiger partial charge is 0.702 e. The highest BCUT2D eigenvalue weighted by molar-refractivity contribution is 7.58. The molecule has 2 N–H and O–H groups in total. The summed E-state index contributed by atoms with van der Waals surface area (Å²) in [6, 6.07) is 24.7. The maximum Gasteiger partial charge on any atom is 0.326 e. The number of carbonyl (C=O) groups is 1. The number of nitrogens with zero attached hydrogens (tertiary/aromatic N) is 4. The van der Waals surface area contributed by atoms with Crippen molar-refractivity contribution in [1.29, 1.82) is 0 Å². The maximum absolute atomic E-state index is 11.7. The molecule has 0 fully saturated rings. The predicted molar refractivity (Wildman–Crippen MR) is 143 cm³/mol. The van der Waals surface area contributed by atoms with E-state index in [1.165, 1.54) is 0 Å². The van der Waals surface area contributed by atoms with Gasteiger partial charge in [-0.15, -0.1) is 0 Å². The summed E-state index contributed by atoms with van der Waals surface area (Å²) in [4.78, 5) is 13.4. The number of aromatic nitrogens is 3. The molecule has 0 amide bonds. The fourth-order valence-corrected chi connectivity index (χ4v) is 4.75. The number of hydrogen-bond donors (Lipinski definition) is 2. The standard InChI is InChI=1S/C28H27N5O3S/c1-20-32(28(37)30-33(20)22-10-3-2-4-11-22)24-13-7-9-21(17-24)29-19-36-25-14-8-12-23(18-25)31-16-6-5-15-26(31)27(34)35/h2-4,6-14,16-18,26,29H,5,15,19H2,1H3,(H-,30,34,35,37). The lowest BCUT2D eigenvalue weighted by Crippen LogP contribution is -2.39. The molecule has 1 aliphatic rings. The summed E-state index contributed by atoms with van der Waals surface area (Å²) in [6.07, 6.45) is 5.14. The van der Waals surface area contributed by atoms with E-state index in [0.29, 0.717) is 17.3 Å². The minimum Gasteiger partial charge on any atom is -0.702 e. The first kappa shape index (κ1) is 24.3. The fourth-order valence-electron chi connectivity index (χ4n) is 4.43. The lowest BCUT2D eigenvalue weighted by Gasteiger charge is -2.30. The zero-order chi connectivity index (χ0) is 25.8. The van der Waals surface area contributed by atoms with Gasteiger partial charge in [0.1, 0.15) is 23.2 Å². The van der Waals surface area contributed by atoms with Crippen molar-refractivity contribution >= 4 is 30.0 Å². The molecule has 1 aromatic heterocycles. The van der Waals surface area contributed by atoms with Crippen LogP contribution in [0.1, 0.15) is 18.7 Å². The van der Waals surface area contributed by atoms with Crippen LogP contribution in [0.5, 0.6) is 5.75 Å². The number of carboxylic acid groups (broad SMARTS) is 1. The topological polar surface area (TPSA) is 83.5 Å². The molecule has 0 spiro atoms. The Kier molecular flexibility index (Phi) is 7.04. The molecule has 8 nitrogen and oxygen atoms in total. The Morgan fingerprint density at radius 2 is 1.89 bits per heavy atom. The minimum atomic E-state index is -0.832. The number of nitrogens with one attached hydrogen (secondary N) is 1. The van der Waals surface area contributed by atoms with Gasteiger partial charge in [-0.3, -0.25) is 0 Å². The van der Waals surface area contributed by atoms with Gasteiger partial charge < -0.3 is 32.7 Å². The average Bonchev–Trinajstić information content (AvgIpc) is 3.23. The fraction of sp³-hybridized carbons (Fsp3) is 0.179. The van der Waals surface area contributed by atoms with Crippen LogP contribution in [-0.4, -0.2) is 33.6 Å². The van der Waals surface area contributed by atoms with Crippen molar-refractivity contribution in [1.82, 2.24) is 9.78 Å². The van der Waals surface area contributed by atoms with Gasteiger partial charge in [0, 0.05) is 41.7 Å². The molecule has 0 saturated heterocycles. The maximum atomic E-state index is 11.7. The molecule has 1 aliphatic heterocycles. The number of ether oxygens (including phenoxy) is 1. The molecule has 1 unspecified atom stereocenters. The van der Waals surface area contributed by atoms with Crippen LogP contribution in [0, 0.1) is 6.92 Å². The Hall–Kier alpha value is -4.37. The second kappa shape index (κ2) is 10.7. The minimum absolute atomic E-state index is 0.235. The Bertz CT molecular complexity index is 1440. The molecule has 0 saturated carbocycles. The molecule has 188 valence electrons. The van der Waals surface area contributed by atoms with E-state index in [0.717, 1.165) is 35.0 Å². The highest BCUT2D eigenvalue weighted by Gasteiger charge is 2.26. The average molecular weight is 514 g/mol. The number of rotatable bonds is 8. The van der Waals surface area contributed by atoms with Crippen LogP contribution in [0.15, 0.2) is 96.3 Å². The van der Waals surface area contributed by atoms with Gasteiger partial charge in [0.15, 0.2) is 11.9 Å². The quantitative estimate of drug-likeness (QED) is 0.206. The van der Waals surface area contributed by atoms with Gasteiger partial charge in [0.25, 0.3) is 0 Å². The normalized spacial score (nSPS) is 14.9. The number of hydrogen-bond acceptors (Lipinski definition) is 6. The van der Waals surface area contributed by atoms with E-state index in [2.05, 4.69) is 10.4 Å². The first-order valence-corrected chi connectivity index (χ1v) is 12.4. The van der Waals surface area contributed by atoms with Gasteiger partial charge in [-0.25, -0.2) is 9.36 Å². The zero-order valence-electron chi connectivity index (χ0n) is 20.3. The number of allylic oxidation sites excluding steroid dienone is 1. The second-order valence-electron chi connectivity index (χ2n) is 8.65. The van der Waals surface area contributed by atoms with Crippen molar-refractivity contribution in [2.24, 2.45) is 0 Å². The van der Waals surface area contributed by atoms with Crippen molar-refractivity contribution < 1.29 is 19.2 Å². The van der Waals surface area contributed by atoms with E-state index in [1.54, 1.807) is 4.90 Å². The molecule has 9 heteroatoms. The van der Waals surface area contributed by atoms with Crippen molar-refractivity contribution in [3.8, 4) is 17.1 Å². The van der Waals surface area contributed by atoms with Crippen LogP contribution >= 0.6 is 0 Å². The molecule has 5 rings (SSSR count). The Morgan fingerprint density at radius 3 is 2.70 bits per heavy atom. The van der Waals surface area contributed by atoms with Crippen LogP contribution in [0.3, 0.4) is 0 Å². The lowest BCUT2D eigenvalue weighted by atomic mass is 10.1. The summed E-state index contributed by atoms with van der Waals surface area (Å²) in [5, 5.41) is 17.9. The van der Waals surface area contributed by atoms with E-state index in [-0.39, 0.29) is 6.73 Å². The first-order valence-electron chi connectivity index (χ1n) is 12.0. The van der Waals surface area contributed by atoms with Crippen LogP contribution in [0.25, 0.3) is 11.4 Å². The summed E-state index contributed by atoms with van der Waals surface area (Å²) < 4.78 is 9.71. The number of para-hydroxylation sites is 1. The monoisotopic (exact) mass is 513 g/mol. The highest BCUT2D eigenvalue weighted by atomic mass is 32.1. The van der Waals surface area contributed by atoms with Gasteiger partial charge in [0.2, 0.25) is 5.82 Å². The third-order valence-electron chi connectivity index (χ3n) is 6.24. The van der Waals surface area contributed by atoms with E-state index < -0.39 is 12.0 Å². The first-order chi connectivity index (χ1) is 18.0. The Balaban J connectivity index is 1.28. The molecule has 0 aliphatic carbocycles. The van der Waals surface area contributed by atoms with E-state index in [9.17, 15) is 9.90 Å². The summed E-state index contributed by atoms with van der Waals surface area (Å²) >= 11 is 5.57. The van der Waals surface area contributed by atoms with Gasteiger partial charge in [0.05, 0.1) is 0 Å². The van der Waals surface area contributed by atoms with Crippen molar-refractivity contribution in [3.63, 3.8) is 0 Å². The molecule has 2 heterocycles. The summed E-state index contributed by atoms with van der Waals surface area (Å²) in [7, 11) is 0. The zero-order valence-corrected chi connectivity index (χ0v) is 21.1. The van der Waals surface area contributed by atoms with Crippen LogP contribution < -0.4 is 19.5 Å². The molecule has 3 aromatic carbocycles. The summed E-state index contributed by atoms with van der Waals surface area (Å²) in [6.45, 7) is 2.22. The molecule has 37 heavy (non-hydrogen) atoms. The van der Waals surface area contributed by atoms with Gasteiger partial charge in [-0.1, -0.05) is 41.1 Å². The van der Waals surface area contributed by atoms with Crippen LogP contribution in [-0.2, 0) is 17.4 Å². The number of carboxylic acids is 1. The smallest absolute Gasteiger partial charge is 0.326 e. The van der Waals surface area contributed by atoms with Crippen molar-refractivity contribution in [2.45, 2.75) is 31.0 Å². The van der Waals surface area contributed by atoms with E-state index in [1.807, 2.05) is 107 Å². The van der Waals surface area contributed by atoms with Crippen molar-refractivity contribution in [3.05, 3.63) is 97.0 Å². The number of aliphatic carboxylic acids is 1. The van der Waals surface area contributed by atoms with Crippen LogP contribution in [0.4, 0.5) is 11.4 Å². The molecule has 0 bridgehead atoms. The molecular weight excluding hydrogens is 486 g/mol. The third-order valence-corrected chi connectivity index (χ3v) is 6.50. The predicted octanol–water partition coefficient (Wildman–Crippen LogP) is 4.38. The molecular formula is C28H27N5O3S. The van der Waals surface area contributed by atoms with Gasteiger partial charge >= 0.3 is 5.97 Å². The number of benzene rings is 3. The number of anilines is 2. The summed E-state index contributed by atoms with van der Waals surface area (Å²) in [5.74, 6) is 0.709. The van der Waals surface area contributed by atoms with E-state index in [4.69, 9.17) is 17.4 Å². The van der Waals surface area contributed by atoms with Crippen LogP contribution in [0.2, 0.25) is 0 Å². The highest BCUT2D eigenvalue weighted by Crippen LogP contribution is 2.27. The molecule has 0 radical (unpaired) electrons. The molecule has 1 atom stereocenters. The Labute approximate surface area is 220 Å². The van der Waals surface area contributed by atoms with Crippen molar-refractivity contribution in [2.75, 3.05) is 16.9 Å². The molecule has 4 aromatic rings. The lowest BCUT2D eigenvalue weighted by molar-refractivity contribution is -0.643.